The van der Waals surface area contributed by atoms with Crippen molar-refractivity contribution in [2.24, 2.45) is 0 Å². The molecular formula is C38H18N4O2S2. The number of hydrogen-bond donors (Lipinski definition) is 0. The van der Waals surface area contributed by atoms with Crippen LogP contribution in [0.1, 0.15) is 22.3 Å². The number of nitriles is 4. The van der Waals surface area contributed by atoms with Crippen LogP contribution in [0.5, 0.6) is 0 Å². The summed E-state index contributed by atoms with van der Waals surface area (Å²) in [6, 6.07) is 40.7. The molecule has 0 N–H and O–H groups in total. The first-order valence-corrected chi connectivity index (χ1v) is 16.3. The predicted octanol–water partition coefficient (Wildman–Crippen LogP) is 7.68. The largest absolute Gasteiger partial charge is 0.606 e. The quantitative estimate of drug-likeness (QED) is 0.145. The summed E-state index contributed by atoms with van der Waals surface area (Å²) < 4.78 is 26.9. The van der Waals surface area contributed by atoms with Gasteiger partial charge < -0.3 is 9.11 Å². The molecule has 6 nitrogen and oxygen atoms in total. The van der Waals surface area contributed by atoms with Crippen LogP contribution in [0.4, 0.5) is 0 Å². The zero-order valence-electron chi connectivity index (χ0n) is 23.8. The van der Waals surface area contributed by atoms with E-state index in [4.69, 9.17) is 0 Å². The van der Waals surface area contributed by atoms with E-state index in [1.165, 1.54) is 0 Å². The summed E-state index contributed by atoms with van der Waals surface area (Å²) >= 11 is -2.99. The van der Waals surface area contributed by atoms with E-state index in [0.29, 0.717) is 53.0 Å². The van der Waals surface area contributed by atoms with Crippen molar-refractivity contribution < 1.29 is 9.11 Å². The van der Waals surface area contributed by atoms with Gasteiger partial charge in [0.2, 0.25) is 0 Å². The number of nitrogens with zero attached hydrogens (tertiary/aromatic N) is 4. The fourth-order valence-corrected chi connectivity index (χ4v) is 8.27. The van der Waals surface area contributed by atoms with Crippen molar-refractivity contribution in [2.75, 3.05) is 0 Å². The van der Waals surface area contributed by atoms with Gasteiger partial charge >= 0.3 is 0 Å². The lowest BCUT2D eigenvalue weighted by Crippen LogP contribution is -2.02. The van der Waals surface area contributed by atoms with Gasteiger partial charge in [0.15, 0.2) is 19.6 Å². The van der Waals surface area contributed by atoms with Gasteiger partial charge in [-0.2, -0.15) is 21.0 Å². The van der Waals surface area contributed by atoms with Gasteiger partial charge in [0.1, 0.15) is 35.4 Å². The minimum Gasteiger partial charge on any atom is -0.606 e. The van der Waals surface area contributed by atoms with Gasteiger partial charge in [0.25, 0.3) is 0 Å². The van der Waals surface area contributed by atoms with Crippen molar-refractivity contribution in [1.82, 2.24) is 0 Å². The van der Waals surface area contributed by atoms with Gasteiger partial charge in [-0.05, 0) is 105 Å². The summed E-state index contributed by atoms with van der Waals surface area (Å²) in [6.07, 6.45) is 0. The maximum atomic E-state index is 13.5. The Morgan fingerprint density at radius 2 is 0.739 bits per heavy atom. The summed E-state index contributed by atoms with van der Waals surface area (Å²) in [7, 11) is 0. The third kappa shape index (κ3) is 4.50. The van der Waals surface area contributed by atoms with Crippen LogP contribution >= 0.6 is 0 Å². The number of benzene rings is 5. The highest BCUT2D eigenvalue weighted by Gasteiger charge is 2.35. The third-order valence-electron chi connectivity index (χ3n) is 8.09. The van der Waals surface area contributed by atoms with Crippen LogP contribution in [0.25, 0.3) is 33.4 Å². The number of fused-ring (bicyclic) bond motifs is 6. The highest BCUT2D eigenvalue weighted by atomic mass is 32.2. The summed E-state index contributed by atoms with van der Waals surface area (Å²) in [5.74, 6) is 0. The van der Waals surface area contributed by atoms with Crippen LogP contribution in [-0.2, 0) is 22.4 Å². The molecule has 0 aliphatic heterocycles. The van der Waals surface area contributed by atoms with Crippen LogP contribution in [-0.4, -0.2) is 9.11 Å². The second-order valence-corrected chi connectivity index (χ2v) is 13.4. The average Bonchev–Trinajstić information content (AvgIpc) is 3.60. The number of rotatable bonds is 4. The lowest BCUT2D eigenvalue weighted by molar-refractivity contribution is 0.594. The fraction of sp³-hybridized carbons (Fsp3) is 0. The minimum atomic E-state index is -1.49. The summed E-state index contributed by atoms with van der Waals surface area (Å²) in [6.45, 7) is 0. The Kier molecular flexibility index (Phi) is 7.28. The zero-order chi connectivity index (χ0) is 31.9. The van der Waals surface area contributed by atoms with E-state index in [2.05, 4.69) is 0 Å². The maximum absolute atomic E-state index is 13.5. The van der Waals surface area contributed by atoms with Gasteiger partial charge in [-0.1, -0.05) is 36.4 Å². The molecule has 7 rings (SSSR count). The molecule has 5 aromatic carbocycles. The van der Waals surface area contributed by atoms with Gasteiger partial charge in [0.05, 0.1) is 0 Å². The topological polar surface area (TPSA) is 141 Å². The monoisotopic (exact) mass is 626 g/mol. The third-order valence-corrected chi connectivity index (χ3v) is 10.9. The smallest absolute Gasteiger partial charge is 0.159 e. The minimum absolute atomic E-state index is 0.107. The van der Waals surface area contributed by atoms with E-state index in [9.17, 15) is 30.2 Å². The Labute approximate surface area is 271 Å². The molecule has 214 valence electrons. The first-order chi connectivity index (χ1) is 22.5. The summed E-state index contributed by atoms with van der Waals surface area (Å²) in [5, 5.41) is 40.0. The van der Waals surface area contributed by atoms with Crippen molar-refractivity contribution in [1.29, 1.82) is 21.0 Å². The molecule has 2 unspecified atom stereocenters. The normalized spacial score (nSPS) is 13.1. The Bertz CT molecular complexity index is 2140. The van der Waals surface area contributed by atoms with E-state index in [1.807, 2.05) is 84.9 Å². The van der Waals surface area contributed by atoms with Crippen molar-refractivity contribution in [2.45, 2.75) is 19.6 Å². The molecule has 0 saturated heterocycles. The molecule has 0 radical (unpaired) electrons. The van der Waals surface area contributed by atoms with Crippen LogP contribution in [0.2, 0.25) is 0 Å². The second-order valence-electron chi connectivity index (χ2n) is 10.5. The summed E-state index contributed by atoms with van der Waals surface area (Å²) in [5.41, 5.74) is 6.09. The molecule has 46 heavy (non-hydrogen) atoms. The Hall–Kier alpha value is -5.84. The van der Waals surface area contributed by atoms with Crippen molar-refractivity contribution >= 4 is 33.5 Å². The fourth-order valence-electron chi connectivity index (χ4n) is 6.08. The second kappa shape index (κ2) is 11.6. The van der Waals surface area contributed by atoms with Crippen molar-refractivity contribution in [3.8, 4) is 46.5 Å². The lowest BCUT2D eigenvalue weighted by Gasteiger charge is -2.12. The lowest BCUT2D eigenvalue weighted by atomic mass is 9.93. The van der Waals surface area contributed by atoms with E-state index in [-0.39, 0.29) is 11.1 Å². The number of hydrogen-bond acceptors (Lipinski definition) is 6. The molecule has 5 aromatic rings. The molecule has 0 fully saturated rings. The molecule has 2 atom stereocenters. The molecule has 0 heterocycles. The molecule has 0 bridgehead atoms. The Morgan fingerprint density at radius 3 is 1.11 bits per heavy atom. The highest BCUT2D eigenvalue weighted by Crippen LogP contribution is 2.54. The van der Waals surface area contributed by atoms with Crippen molar-refractivity contribution in [3.05, 3.63) is 143 Å². The summed E-state index contributed by atoms with van der Waals surface area (Å²) in [4.78, 5) is 2.31. The van der Waals surface area contributed by atoms with Crippen LogP contribution < -0.4 is 0 Å². The zero-order valence-corrected chi connectivity index (χ0v) is 25.4. The van der Waals surface area contributed by atoms with Gasteiger partial charge in [-0.3, -0.25) is 0 Å². The number of allylic oxidation sites excluding steroid dienone is 2. The molecule has 2 aliphatic carbocycles. The molecule has 0 spiro atoms. The van der Waals surface area contributed by atoms with E-state index in [0.717, 1.165) is 22.3 Å². The van der Waals surface area contributed by atoms with Crippen LogP contribution in [0, 0.1) is 45.3 Å². The van der Waals surface area contributed by atoms with Crippen LogP contribution in [0.15, 0.2) is 140 Å². The highest BCUT2D eigenvalue weighted by molar-refractivity contribution is 7.91. The molecule has 0 amide bonds. The molecule has 0 aromatic heterocycles. The van der Waals surface area contributed by atoms with Crippen LogP contribution in [0.3, 0.4) is 0 Å². The SMILES string of the molecule is N#CC(C#N)=C1c2cc([S+]([O-])c3ccccc3)ccc2-c2cc3c(cc21)C(=C(C#N)C#N)c1cc([S+]([O-])c2ccccc2)ccc1-3. The molecule has 8 heteroatoms. The predicted molar refractivity (Wildman–Crippen MR) is 174 cm³/mol. The Morgan fingerprint density at radius 1 is 0.391 bits per heavy atom. The Balaban J connectivity index is 1.45. The molecule has 2 aliphatic rings. The van der Waals surface area contributed by atoms with Gasteiger partial charge in [-0.25, -0.2) is 0 Å². The van der Waals surface area contributed by atoms with E-state index in [1.54, 1.807) is 48.5 Å². The van der Waals surface area contributed by atoms with E-state index >= 15 is 0 Å². The van der Waals surface area contributed by atoms with Gasteiger partial charge in [0, 0.05) is 45.6 Å². The molecule has 0 saturated carbocycles. The van der Waals surface area contributed by atoms with E-state index < -0.39 is 22.4 Å². The van der Waals surface area contributed by atoms with Gasteiger partial charge in [-0.15, -0.1) is 0 Å². The average molecular weight is 627 g/mol. The maximum Gasteiger partial charge on any atom is 0.159 e. The first kappa shape index (κ1) is 28.9. The molecular weight excluding hydrogens is 609 g/mol. The first-order valence-electron chi connectivity index (χ1n) is 14.0. The van der Waals surface area contributed by atoms with Crippen molar-refractivity contribution in [3.63, 3.8) is 0 Å². The standard InChI is InChI=1S/C38H18N4O2S2/c39-19-23(20-40)37-33-15-27(45(43)25-7-3-1-4-8-25)11-13-29(33)31-17-32-30-14-12-28(46(44)26-9-5-2-6-10-26)16-34(30)38(24(21-41)22-42)36(32)18-35(31)37/h1-18H.